The maximum atomic E-state index is 5.91. The second-order valence-corrected chi connectivity index (χ2v) is 6.02. The lowest BCUT2D eigenvalue weighted by molar-refractivity contribution is 0.309. The van der Waals surface area contributed by atoms with Crippen LogP contribution < -0.4 is 9.47 Å². The monoisotopic (exact) mass is 300 g/mol. The predicted octanol–water partition coefficient (Wildman–Crippen LogP) is 3.90. The van der Waals surface area contributed by atoms with E-state index in [2.05, 4.69) is 16.9 Å². The van der Waals surface area contributed by atoms with Crippen molar-refractivity contribution in [3.8, 4) is 11.5 Å². The van der Waals surface area contributed by atoms with Crippen molar-refractivity contribution >= 4 is 22.2 Å². The zero-order valence-corrected chi connectivity index (χ0v) is 13.0. The lowest BCUT2D eigenvalue weighted by atomic mass is 10.2. The van der Waals surface area contributed by atoms with Gasteiger partial charge >= 0.3 is 0 Å². The van der Waals surface area contributed by atoms with Crippen LogP contribution in [0, 0.1) is 13.8 Å². The number of fused-ring (bicyclic) bond motifs is 1. The number of ether oxygens (including phenoxy) is 2. The number of aromatic nitrogens is 2. The van der Waals surface area contributed by atoms with Gasteiger partial charge in [-0.25, -0.2) is 4.98 Å². The number of nitrogens with zero attached hydrogens (tertiary/aromatic N) is 2. The molecule has 0 aliphatic carbocycles. The minimum atomic E-state index is 0.477. The van der Waals surface area contributed by atoms with Crippen LogP contribution >= 0.6 is 11.3 Å². The van der Waals surface area contributed by atoms with Crippen LogP contribution in [-0.4, -0.2) is 17.1 Å². The van der Waals surface area contributed by atoms with Crippen molar-refractivity contribution < 1.29 is 9.47 Å². The lowest BCUT2D eigenvalue weighted by Gasteiger charge is -2.08. The number of benzene rings is 1. The Hall–Kier alpha value is -2.14. The molecule has 0 N–H and O–H groups in total. The molecule has 2 aromatic heterocycles. The van der Waals surface area contributed by atoms with E-state index in [1.807, 2.05) is 31.2 Å². The third-order valence-electron chi connectivity index (χ3n) is 3.33. The molecule has 3 rings (SSSR count). The smallest absolute Gasteiger partial charge is 0.140 e. The number of pyridine rings is 1. The van der Waals surface area contributed by atoms with Crippen molar-refractivity contribution in [3.63, 3.8) is 0 Å². The maximum absolute atomic E-state index is 5.91. The Balaban J connectivity index is 1.86. The number of methoxy groups -OCH3 is 1. The van der Waals surface area contributed by atoms with Crippen LogP contribution in [0.5, 0.6) is 11.5 Å². The van der Waals surface area contributed by atoms with Crippen LogP contribution in [0.3, 0.4) is 0 Å². The minimum Gasteiger partial charge on any atom is -0.497 e. The molecular weight excluding hydrogens is 284 g/mol. The van der Waals surface area contributed by atoms with Gasteiger partial charge < -0.3 is 9.47 Å². The summed E-state index contributed by atoms with van der Waals surface area (Å²) in [6.45, 7) is 4.57. The topological polar surface area (TPSA) is 44.2 Å². The molecule has 1 aromatic carbocycles. The van der Waals surface area contributed by atoms with E-state index in [4.69, 9.17) is 9.47 Å². The van der Waals surface area contributed by atoms with Gasteiger partial charge in [-0.3, -0.25) is 4.98 Å². The van der Waals surface area contributed by atoms with E-state index in [0.717, 1.165) is 33.1 Å². The normalized spacial score (nSPS) is 10.8. The fraction of sp³-hybridized carbons (Fsp3) is 0.250. The predicted molar refractivity (Wildman–Crippen MR) is 84.2 cm³/mol. The van der Waals surface area contributed by atoms with Gasteiger partial charge in [-0.2, -0.15) is 0 Å². The summed E-state index contributed by atoms with van der Waals surface area (Å²) in [5.74, 6) is 1.60. The third-order valence-corrected chi connectivity index (χ3v) is 4.38. The summed E-state index contributed by atoms with van der Waals surface area (Å²) >= 11 is 1.67. The summed E-state index contributed by atoms with van der Waals surface area (Å²) in [7, 11) is 1.65. The standard InChI is InChI=1S/C16H16N2O2S/c1-10-11(2)21-16(18-10)9-20-15-6-7-17-14-8-12(19-3)4-5-13(14)15/h4-8H,9H2,1-3H3. The Morgan fingerprint density at radius 3 is 2.76 bits per heavy atom. The van der Waals surface area contributed by atoms with Gasteiger partial charge in [0.05, 0.1) is 18.3 Å². The van der Waals surface area contributed by atoms with Crippen molar-refractivity contribution in [2.45, 2.75) is 20.5 Å². The molecule has 0 atom stereocenters. The zero-order chi connectivity index (χ0) is 14.8. The van der Waals surface area contributed by atoms with E-state index in [0.29, 0.717) is 6.61 Å². The lowest BCUT2D eigenvalue weighted by Crippen LogP contribution is -1.96. The first-order valence-electron chi connectivity index (χ1n) is 6.66. The Kier molecular flexibility index (Phi) is 3.75. The molecule has 21 heavy (non-hydrogen) atoms. The molecule has 0 saturated heterocycles. The van der Waals surface area contributed by atoms with Crippen molar-refractivity contribution in [2.24, 2.45) is 0 Å². The summed E-state index contributed by atoms with van der Waals surface area (Å²) in [6.07, 6.45) is 1.75. The first-order chi connectivity index (χ1) is 10.2. The average Bonchev–Trinajstić information content (AvgIpc) is 2.83. The van der Waals surface area contributed by atoms with Crippen LogP contribution in [0.4, 0.5) is 0 Å². The molecule has 0 amide bonds. The fourth-order valence-electron chi connectivity index (χ4n) is 2.09. The fourth-order valence-corrected chi connectivity index (χ4v) is 2.94. The van der Waals surface area contributed by atoms with Gasteiger partial charge in [0.1, 0.15) is 23.1 Å². The molecule has 0 saturated carbocycles. The summed E-state index contributed by atoms with van der Waals surface area (Å²) in [5, 5.41) is 1.96. The Morgan fingerprint density at radius 2 is 2.05 bits per heavy atom. The molecule has 0 fully saturated rings. The highest BCUT2D eigenvalue weighted by molar-refractivity contribution is 7.11. The average molecular weight is 300 g/mol. The van der Waals surface area contributed by atoms with Gasteiger partial charge in [-0.15, -0.1) is 11.3 Å². The Bertz CT molecular complexity index is 764. The van der Waals surface area contributed by atoms with Crippen molar-refractivity contribution in [3.05, 3.63) is 46.0 Å². The molecule has 3 aromatic rings. The highest BCUT2D eigenvalue weighted by Crippen LogP contribution is 2.28. The van der Waals surface area contributed by atoms with Gasteiger partial charge in [0.15, 0.2) is 0 Å². The van der Waals surface area contributed by atoms with Gasteiger partial charge in [0.2, 0.25) is 0 Å². The maximum Gasteiger partial charge on any atom is 0.140 e. The first-order valence-corrected chi connectivity index (χ1v) is 7.47. The van der Waals surface area contributed by atoms with E-state index in [9.17, 15) is 0 Å². The minimum absolute atomic E-state index is 0.477. The van der Waals surface area contributed by atoms with E-state index in [1.54, 1.807) is 24.6 Å². The second-order valence-electron chi connectivity index (χ2n) is 4.73. The van der Waals surface area contributed by atoms with Gasteiger partial charge in [0, 0.05) is 22.5 Å². The van der Waals surface area contributed by atoms with Gasteiger partial charge in [0.25, 0.3) is 0 Å². The Labute approximate surface area is 127 Å². The summed E-state index contributed by atoms with van der Waals surface area (Å²) in [6, 6.07) is 7.66. The molecule has 0 bridgehead atoms. The van der Waals surface area contributed by atoms with E-state index >= 15 is 0 Å². The SMILES string of the molecule is COc1ccc2c(OCc3nc(C)c(C)s3)ccnc2c1. The highest BCUT2D eigenvalue weighted by Gasteiger charge is 2.07. The second kappa shape index (κ2) is 5.69. The van der Waals surface area contributed by atoms with E-state index in [-0.39, 0.29) is 0 Å². The molecule has 108 valence electrons. The van der Waals surface area contributed by atoms with Crippen LogP contribution in [0.15, 0.2) is 30.5 Å². The molecule has 0 unspecified atom stereocenters. The summed E-state index contributed by atoms with van der Waals surface area (Å²) < 4.78 is 11.1. The number of aryl methyl sites for hydroxylation is 2. The van der Waals surface area contributed by atoms with Crippen molar-refractivity contribution in [1.82, 2.24) is 9.97 Å². The molecule has 0 spiro atoms. The van der Waals surface area contributed by atoms with Crippen LogP contribution in [0.2, 0.25) is 0 Å². The zero-order valence-electron chi connectivity index (χ0n) is 12.2. The van der Waals surface area contributed by atoms with E-state index < -0.39 is 0 Å². The quantitative estimate of drug-likeness (QED) is 0.733. The molecular formula is C16H16N2O2S. The van der Waals surface area contributed by atoms with Crippen molar-refractivity contribution in [1.29, 1.82) is 0 Å². The number of hydrogen-bond acceptors (Lipinski definition) is 5. The molecule has 2 heterocycles. The molecule has 0 radical (unpaired) electrons. The molecule has 4 nitrogen and oxygen atoms in total. The molecule has 0 aliphatic heterocycles. The summed E-state index contributed by atoms with van der Waals surface area (Å²) in [5.41, 5.74) is 1.93. The van der Waals surface area contributed by atoms with Crippen LogP contribution in [0.1, 0.15) is 15.6 Å². The van der Waals surface area contributed by atoms with Crippen LogP contribution in [0.25, 0.3) is 10.9 Å². The summed E-state index contributed by atoms with van der Waals surface area (Å²) in [4.78, 5) is 10.1. The highest BCUT2D eigenvalue weighted by atomic mass is 32.1. The van der Waals surface area contributed by atoms with Gasteiger partial charge in [-0.05, 0) is 32.0 Å². The van der Waals surface area contributed by atoms with Crippen LogP contribution in [-0.2, 0) is 6.61 Å². The molecule has 0 aliphatic rings. The van der Waals surface area contributed by atoms with Gasteiger partial charge in [-0.1, -0.05) is 0 Å². The van der Waals surface area contributed by atoms with E-state index in [1.165, 1.54) is 4.88 Å². The first kappa shape index (κ1) is 13.8. The number of rotatable bonds is 4. The largest absolute Gasteiger partial charge is 0.497 e. The number of thiazole rings is 1. The third kappa shape index (κ3) is 2.83. The molecule has 5 heteroatoms. The number of hydrogen-bond donors (Lipinski definition) is 0. The Morgan fingerprint density at radius 1 is 1.19 bits per heavy atom. The van der Waals surface area contributed by atoms with Crippen molar-refractivity contribution in [2.75, 3.05) is 7.11 Å².